The molecule has 8 heteroatoms. The van der Waals surface area contributed by atoms with Crippen LogP contribution in [0.3, 0.4) is 0 Å². The second kappa shape index (κ2) is 7.71. The van der Waals surface area contributed by atoms with Gasteiger partial charge in [0.15, 0.2) is 16.2 Å². The van der Waals surface area contributed by atoms with Crippen molar-refractivity contribution in [3.63, 3.8) is 0 Å². The van der Waals surface area contributed by atoms with Gasteiger partial charge in [-0.25, -0.2) is 8.42 Å². The number of amides is 1. The van der Waals surface area contributed by atoms with E-state index in [2.05, 4.69) is 5.32 Å². The summed E-state index contributed by atoms with van der Waals surface area (Å²) in [5.74, 6) is 0.399. The zero-order valence-electron chi connectivity index (χ0n) is 16.1. The number of anilines is 2. The monoisotopic (exact) mass is 404 g/mol. The molecule has 1 aliphatic heterocycles. The van der Waals surface area contributed by atoms with E-state index in [0.717, 1.165) is 0 Å². The lowest BCUT2D eigenvalue weighted by Crippen LogP contribution is -2.57. The second-order valence-electron chi connectivity index (χ2n) is 6.77. The van der Waals surface area contributed by atoms with E-state index in [4.69, 9.17) is 9.47 Å². The summed E-state index contributed by atoms with van der Waals surface area (Å²) in [6, 6.07) is 13.7. The van der Waals surface area contributed by atoms with Gasteiger partial charge in [0.2, 0.25) is 15.9 Å². The first-order valence-electron chi connectivity index (χ1n) is 8.94. The molecule has 7 nitrogen and oxygen atoms in total. The van der Waals surface area contributed by atoms with Gasteiger partial charge in [-0.1, -0.05) is 18.2 Å². The Morgan fingerprint density at radius 1 is 1.07 bits per heavy atom. The highest BCUT2D eigenvalue weighted by atomic mass is 32.2. The Hall–Kier alpha value is -2.74. The van der Waals surface area contributed by atoms with Crippen molar-refractivity contribution in [3.05, 3.63) is 48.5 Å². The van der Waals surface area contributed by atoms with Gasteiger partial charge in [0.05, 0.1) is 19.9 Å². The van der Waals surface area contributed by atoms with Crippen molar-refractivity contribution in [1.82, 2.24) is 0 Å². The first kappa shape index (κ1) is 20.0. The SMILES string of the molecule is COc1ccc(NC(=O)[C@]2(C)CCCN(c3ccccc3)S2(=O)=O)cc1OC. The van der Waals surface area contributed by atoms with Crippen molar-refractivity contribution in [2.75, 3.05) is 30.4 Å². The highest BCUT2D eigenvalue weighted by Gasteiger charge is 2.52. The van der Waals surface area contributed by atoms with Crippen molar-refractivity contribution in [3.8, 4) is 11.5 Å². The summed E-state index contributed by atoms with van der Waals surface area (Å²) < 4.78 is 36.8. The lowest BCUT2D eigenvalue weighted by Gasteiger charge is -2.39. The van der Waals surface area contributed by atoms with E-state index in [1.54, 1.807) is 42.5 Å². The molecule has 0 spiro atoms. The van der Waals surface area contributed by atoms with Crippen LogP contribution in [0.4, 0.5) is 11.4 Å². The van der Waals surface area contributed by atoms with Crippen LogP contribution in [0.25, 0.3) is 0 Å². The molecular weight excluding hydrogens is 380 g/mol. The molecule has 1 N–H and O–H groups in total. The van der Waals surface area contributed by atoms with Gasteiger partial charge in [-0.3, -0.25) is 9.10 Å². The minimum absolute atomic E-state index is 0.248. The number of benzene rings is 2. The Balaban J connectivity index is 1.90. The standard InChI is InChI=1S/C20H24N2O5S/c1-20(19(23)21-15-10-11-17(26-2)18(14-15)27-3)12-7-13-22(28(20,24)25)16-8-5-4-6-9-16/h4-6,8-11,14H,7,12-13H2,1-3H3,(H,21,23)/t20-/m0/s1. The van der Waals surface area contributed by atoms with Crippen LogP contribution in [0.15, 0.2) is 48.5 Å². The zero-order chi connectivity index (χ0) is 20.4. The number of methoxy groups -OCH3 is 2. The lowest BCUT2D eigenvalue weighted by atomic mass is 10.0. The predicted octanol–water partition coefficient (Wildman–Crippen LogP) is 3.03. The Morgan fingerprint density at radius 3 is 2.39 bits per heavy atom. The fourth-order valence-corrected chi connectivity index (χ4v) is 5.27. The van der Waals surface area contributed by atoms with Gasteiger partial charge >= 0.3 is 0 Å². The molecule has 2 aromatic rings. The molecule has 1 fully saturated rings. The average molecular weight is 404 g/mol. The number of ether oxygens (including phenoxy) is 2. The van der Waals surface area contributed by atoms with Gasteiger partial charge in [-0.15, -0.1) is 0 Å². The minimum Gasteiger partial charge on any atom is -0.493 e. The van der Waals surface area contributed by atoms with Crippen LogP contribution in [-0.4, -0.2) is 39.8 Å². The molecule has 0 aromatic heterocycles. The molecule has 28 heavy (non-hydrogen) atoms. The summed E-state index contributed by atoms with van der Waals surface area (Å²) >= 11 is 0. The van der Waals surface area contributed by atoms with Gasteiger partial charge in [0.1, 0.15) is 0 Å². The smallest absolute Gasteiger partial charge is 0.249 e. The van der Waals surface area contributed by atoms with Crippen LogP contribution < -0.4 is 19.1 Å². The minimum atomic E-state index is -3.90. The molecule has 2 aromatic carbocycles. The Kier molecular flexibility index (Phi) is 5.51. The van der Waals surface area contributed by atoms with E-state index in [1.165, 1.54) is 25.4 Å². The number of para-hydroxylation sites is 1. The number of hydrogen-bond donors (Lipinski definition) is 1. The normalized spacial score (nSPS) is 21.0. The molecule has 0 radical (unpaired) electrons. The molecule has 0 aliphatic carbocycles. The summed E-state index contributed by atoms with van der Waals surface area (Å²) in [5.41, 5.74) is 1.00. The fourth-order valence-electron chi connectivity index (χ4n) is 3.32. The van der Waals surface area contributed by atoms with Crippen LogP contribution in [0.2, 0.25) is 0 Å². The molecule has 1 amide bonds. The van der Waals surface area contributed by atoms with E-state index in [1.807, 2.05) is 6.07 Å². The summed E-state index contributed by atoms with van der Waals surface area (Å²) in [6.07, 6.45) is 0.835. The van der Waals surface area contributed by atoms with E-state index in [9.17, 15) is 13.2 Å². The van der Waals surface area contributed by atoms with Crippen molar-refractivity contribution in [2.24, 2.45) is 0 Å². The molecular formula is C20H24N2O5S. The number of rotatable bonds is 5. The average Bonchev–Trinajstić information content (AvgIpc) is 2.70. The molecule has 3 rings (SSSR count). The van der Waals surface area contributed by atoms with Gasteiger partial charge < -0.3 is 14.8 Å². The molecule has 1 atom stereocenters. The Bertz CT molecular complexity index is 962. The number of hydrogen-bond acceptors (Lipinski definition) is 5. The first-order chi connectivity index (χ1) is 13.3. The number of sulfonamides is 1. The summed E-state index contributed by atoms with van der Waals surface area (Å²) in [5, 5.41) is 2.73. The number of carbonyl (C=O) groups excluding carboxylic acids is 1. The highest BCUT2D eigenvalue weighted by Crippen LogP contribution is 2.37. The van der Waals surface area contributed by atoms with E-state index < -0.39 is 20.7 Å². The van der Waals surface area contributed by atoms with Gasteiger partial charge in [0.25, 0.3) is 0 Å². The summed E-state index contributed by atoms with van der Waals surface area (Å²) in [6.45, 7) is 1.83. The number of nitrogens with zero attached hydrogens (tertiary/aromatic N) is 1. The van der Waals surface area contributed by atoms with Crippen molar-refractivity contribution >= 4 is 27.3 Å². The topological polar surface area (TPSA) is 84.9 Å². The predicted molar refractivity (Wildman–Crippen MR) is 109 cm³/mol. The van der Waals surface area contributed by atoms with Crippen molar-refractivity contribution in [2.45, 2.75) is 24.5 Å². The van der Waals surface area contributed by atoms with Crippen LogP contribution in [-0.2, 0) is 14.8 Å². The van der Waals surface area contributed by atoms with E-state index in [-0.39, 0.29) is 6.42 Å². The number of carbonyl (C=O) groups is 1. The third kappa shape index (κ3) is 3.40. The van der Waals surface area contributed by atoms with Crippen LogP contribution in [0.5, 0.6) is 11.5 Å². The summed E-state index contributed by atoms with van der Waals surface area (Å²) in [4.78, 5) is 13.0. The zero-order valence-corrected chi connectivity index (χ0v) is 17.0. The first-order valence-corrected chi connectivity index (χ1v) is 10.4. The van der Waals surface area contributed by atoms with E-state index >= 15 is 0 Å². The van der Waals surface area contributed by atoms with Gasteiger partial charge in [-0.05, 0) is 44.0 Å². The quantitative estimate of drug-likeness (QED) is 0.828. The van der Waals surface area contributed by atoms with Crippen molar-refractivity contribution in [1.29, 1.82) is 0 Å². The highest BCUT2D eigenvalue weighted by molar-refractivity contribution is 7.95. The molecule has 1 aliphatic rings. The Labute approximate surface area is 165 Å². The molecule has 0 saturated carbocycles. The maximum Gasteiger partial charge on any atom is 0.249 e. The maximum atomic E-state index is 13.3. The Morgan fingerprint density at radius 2 is 1.75 bits per heavy atom. The third-order valence-corrected chi connectivity index (χ3v) is 7.54. The molecule has 1 saturated heterocycles. The lowest BCUT2D eigenvalue weighted by molar-refractivity contribution is -0.118. The summed E-state index contributed by atoms with van der Waals surface area (Å²) in [7, 11) is -0.888. The largest absolute Gasteiger partial charge is 0.493 e. The fraction of sp³-hybridized carbons (Fsp3) is 0.350. The molecule has 150 valence electrons. The number of nitrogens with one attached hydrogen (secondary N) is 1. The van der Waals surface area contributed by atoms with Crippen LogP contribution >= 0.6 is 0 Å². The van der Waals surface area contributed by atoms with Crippen LogP contribution in [0.1, 0.15) is 19.8 Å². The third-order valence-electron chi connectivity index (χ3n) is 5.04. The molecule has 0 unspecified atom stereocenters. The molecule has 0 bridgehead atoms. The maximum absolute atomic E-state index is 13.3. The van der Waals surface area contributed by atoms with E-state index in [0.29, 0.717) is 35.8 Å². The van der Waals surface area contributed by atoms with Gasteiger partial charge in [0, 0.05) is 18.3 Å². The van der Waals surface area contributed by atoms with Crippen molar-refractivity contribution < 1.29 is 22.7 Å². The van der Waals surface area contributed by atoms with Crippen LogP contribution in [0, 0.1) is 0 Å². The molecule has 1 heterocycles. The second-order valence-corrected chi connectivity index (χ2v) is 9.06. The van der Waals surface area contributed by atoms with Gasteiger partial charge in [-0.2, -0.15) is 0 Å².